The van der Waals surface area contributed by atoms with E-state index in [9.17, 15) is 5.11 Å². The van der Waals surface area contributed by atoms with Crippen LogP contribution in [0.3, 0.4) is 0 Å². The molecule has 0 atom stereocenters. The molecule has 0 amide bonds. The Balaban J connectivity index is 2.49. The Labute approximate surface area is 89.2 Å². The molecule has 0 fully saturated rings. The van der Waals surface area contributed by atoms with Crippen molar-refractivity contribution in [3.63, 3.8) is 0 Å². The Morgan fingerprint density at radius 2 is 1.93 bits per heavy atom. The molecule has 0 aliphatic heterocycles. The minimum Gasteiger partial charge on any atom is -0.392 e. The molecule has 2 rings (SSSR count). The van der Waals surface area contributed by atoms with Crippen LogP contribution in [0.2, 0.25) is 0 Å². The first-order chi connectivity index (χ1) is 7.31. The summed E-state index contributed by atoms with van der Waals surface area (Å²) in [4.78, 5) is 4.35. The summed E-state index contributed by atoms with van der Waals surface area (Å²) >= 11 is 0. The third-order valence-corrected chi connectivity index (χ3v) is 2.38. The summed E-state index contributed by atoms with van der Waals surface area (Å²) in [5, 5.41) is 9.21. The lowest BCUT2D eigenvalue weighted by molar-refractivity contribution is 0.282. The van der Waals surface area contributed by atoms with E-state index in [1.54, 1.807) is 0 Å². The van der Waals surface area contributed by atoms with Gasteiger partial charge in [-0.1, -0.05) is 30.3 Å². The predicted octanol–water partition coefficient (Wildman–Crippen LogP) is 2.55. The van der Waals surface area contributed by atoms with Crippen molar-refractivity contribution >= 4 is 0 Å². The number of hydrogen-bond acceptors (Lipinski definition) is 2. The molecule has 2 aromatic rings. The van der Waals surface area contributed by atoms with Crippen LogP contribution < -0.4 is 0 Å². The highest BCUT2D eigenvalue weighted by Crippen LogP contribution is 2.21. The number of pyridine rings is 1. The van der Waals surface area contributed by atoms with Gasteiger partial charge in [-0.15, -0.1) is 0 Å². The molecule has 1 aromatic carbocycles. The van der Waals surface area contributed by atoms with E-state index in [-0.39, 0.29) is 6.61 Å². The molecule has 15 heavy (non-hydrogen) atoms. The van der Waals surface area contributed by atoms with Crippen LogP contribution >= 0.6 is 0 Å². The standard InChI is InChI=1S/C13H13NO/c1-10-6-7-13(14-8-10)12-5-3-2-4-11(12)9-15/h2-8,15H,9H2,1H3. The Bertz CT molecular complexity index is 448. The van der Waals surface area contributed by atoms with Crippen LogP contribution in [0.4, 0.5) is 0 Å². The van der Waals surface area contributed by atoms with Crippen molar-refractivity contribution in [2.45, 2.75) is 13.5 Å². The maximum absolute atomic E-state index is 9.21. The molecule has 0 bridgehead atoms. The number of aryl methyl sites for hydroxylation is 1. The number of rotatable bonds is 2. The molecular formula is C13H13NO. The van der Waals surface area contributed by atoms with Crippen molar-refractivity contribution < 1.29 is 5.11 Å². The van der Waals surface area contributed by atoms with Gasteiger partial charge in [-0.05, 0) is 24.1 Å². The van der Waals surface area contributed by atoms with Crippen LogP contribution in [0.25, 0.3) is 11.3 Å². The molecule has 0 aliphatic carbocycles. The van der Waals surface area contributed by atoms with Crippen molar-refractivity contribution in [3.8, 4) is 11.3 Å². The van der Waals surface area contributed by atoms with Gasteiger partial charge in [-0.25, -0.2) is 0 Å². The highest BCUT2D eigenvalue weighted by molar-refractivity contribution is 5.63. The van der Waals surface area contributed by atoms with E-state index in [2.05, 4.69) is 4.98 Å². The average Bonchev–Trinajstić information content (AvgIpc) is 2.30. The van der Waals surface area contributed by atoms with E-state index < -0.39 is 0 Å². The lowest BCUT2D eigenvalue weighted by Crippen LogP contribution is -1.91. The average molecular weight is 199 g/mol. The van der Waals surface area contributed by atoms with Crippen molar-refractivity contribution in [3.05, 3.63) is 53.7 Å². The molecule has 1 aromatic heterocycles. The molecule has 0 aliphatic rings. The number of aliphatic hydroxyl groups excluding tert-OH is 1. The van der Waals surface area contributed by atoms with Crippen LogP contribution in [0, 0.1) is 6.92 Å². The maximum atomic E-state index is 9.21. The predicted molar refractivity (Wildman–Crippen MR) is 60.3 cm³/mol. The van der Waals surface area contributed by atoms with E-state index >= 15 is 0 Å². The minimum absolute atomic E-state index is 0.0474. The second kappa shape index (κ2) is 4.24. The van der Waals surface area contributed by atoms with Crippen molar-refractivity contribution in [1.29, 1.82) is 0 Å². The highest BCUT2D eigenvalue weighted by atomic mass is 16.3. The first-order valence-corrected chi connectivity index (χ1v) is 4.93. The Kier molecular flexibility index (Phi) is 2.79. The zero-order chi connectivity index (χ0) is 10.7. The molecule has 1 N–H and O–H groups in total. The van der Waals surface area contributed by atoms with E-state index in [0.29, 0.717) is 0 Å². The molecule has 0 saturated carbocycles. The van der Waals surface area contributed by atoms with Crippen molar-refractivity contribution in [1.82, 2.24) is 4.98 Å². The Hall–Kier alpha value is -1.67. The zero-order valence-corrected chi connectivity index (χ0v) is 8.64. The van der Waals surface area contributed by atoms with Crippen LogP contribution in [-0.2, 0) is 6.61 Å². The number of hydrogen-bond donors (Lipinski definition) is 1. The minimum atomic E-state index is 0.0474. The quantitative estimate of drug-likeness (QED) is 0.806. The molecule has 0 spiro atoms. The highest BCUT2D eigenvalue weighted by Gasteiger charge is 2.03. The van der Waals surface area contributed by atoms with Gasteiger partial charge in [0.25, 0.3) is 0 Å². The number of aromatic nitrogens is 1. The van der Waals surface area contributed by atoms with Gasteiger partial charge in [0, 0.05) is 11.8 Å². The summed E-state index contributed by atoms with van der Waals surface area (Å²) in [6, 6.07) is 11.8. The second-order valence-electron chi connectivity index (χ2n) is 3.54. The largest absolute Gasteiger partial charge is 0.392 e. The van der Waals surface area contributed by atoms with Gasteiger partial charge < -0.3 is 5.11 Å². The third kappa shape index (κ3) is 2.05. The summed E-state index contributed by atoms with van der Waals surface area (Å²) in [5.41, 5.74) is 3.96. The third-order valence-electron chi connectivity index (χ3n) is 2.38. The van der Waals surface area contributed by atoms with Gasteiger partial charge in [0.2, 0.25) is 0 Å². The van der Waals surface area contributed by atoms with Crippen LogP contribution in [0.15, 0.2) is 42.6 Å². The zero-order valence-electron chi connectivity index (χ0n) is 8.64. The van der Waals surface area contributed by atoms with E-state index in [4.69, 9.17) is 0 Å². The molecule has 0 saturated heterocycles. The number of benzene rings is 1. The topological polar surface area (TPSA) is 33.1 Å². The Morgan fingerprint density at radius 3 is 2.60 bits per heavy atom. The molecule has 2 nitrogen and oxygen atoms in total. The fourth-order valence-corrected chi connectivity index (χ4v) is 1.54. The second-order valence-corrected chi connectivity index (χ2v) is 3.54. The number of aliphatic hydroxyl groups is 1. The summed E-state index contributed by atoms with van der Waals surface area (Å²) in [6.07, 6.45) is 1.84. The molecular weight excluding hydrogens is 186 g/mol. The normalized spacial score (nSPS) is 10.3. The fraction of sp³-hybridized carbons (Fsp3) is 0.154. The van der Waals surface area contributed by atoms with Gasteiger partial charge in [-0.2, -0.15) is 0 Å². The SMILES string of the molecule is Cc1ccc(-c2ccccc2CO)nc1. The summed E-state index contributed by atoms with van der Waals surface area (Å²) in [7, 11) is 0. The maximum Gasteiger partial charge on any atom is 0.0705 e. The fourth-order valence-electron chi connectivity index (χ4n) is 1.54. The van der Waals surface area contributed by atoms with Gasteiger partial charge in [0.15, 0.2) is 0 Å². The lowest BCUT2D eigenvalue weighted by atomic mass is 10.0. The van der Waals surface area contributed by atoms with Gasteiger partial charge in [-0.3, -0.25) is 4.98 Å². The molecule has 0 unspecified atom stereocenters. The molecule has 0 radical (unpaired) electrons. The Morgan fingerprint density at radius 1 is 1.13 bits per heavy atom. The number of nitrogens with zero attached hydrogens (tertiary/aromatic N) is 1. The first-order valence-electron chi connectivity index (χ1n) is 4.93. The van der Waals surface area contributed by atoms with Gasteiger partial charge >= 0.3 is 0 Å². The summed E-state index contributed by atoms with van der Waals surface area (Å²) in [6.45, 7) is 2.06. The van der Waals surface area contributed by atoms with Gasteiger partial charge in [0.05, 0.1) is 12.3 Å². The van der Waals surface area contributed by atoms with Gasteiger partial charge in [0.1, 0.15) is 0 Å². The molecule has 76 valence electrons. The molecule has 2 heteroatoms. The van der Waals surface area contributed by atoms with Crippen LogP contribution in [0.5, 0.6) is 0 Å². The van der Waals surface area contributed by atoms with Crippen molar-refractivity contribution in [2.24, 2.45) is 0 Å². The lowest BCUT2D eigenvalue weighted by Gasteiger charge is -2.06. The smallest absolute Gasteiger partial charge is 0.0705 e. The van der Waals surface area contributed by atoms with E-state index in [1.807, 2.05) is 49.5 Å². The monoisotopic (exact) mass is 199 g/mol. The van der Waals surface area contributed by atoms with Crippen LogP contribution in [0.1, 0.15) is 11.1 Å². The molecule has 1 heterocycles. The summed E-state index contributed by atoms with van der Waals surface area (Å²) < 4.78 is 0. The van der Waals surface area contributed by atoms with Crippen molar-refractivity contribution in [2.75, 3.05) is 0 Å². The van der Waals surface area contributed by atoms with Crippen LogP contribution in [-0.4, -0.2) is 10.1 Å². The van der Waals surface area contributed by atoms with E-state index in [0.717, 1.165) is 22.4 Å². The van der Waals surface area contributed by atoms with E-state index in [1.165, 1.54) is 0 Å². The summed E-state index contributed by atoms with van der Waals surface area (Å²) in [5.74, 6) is 0. The first kappa shape index (κ1) is 9.87.